The largest absolute Gasteiger partial charge is 0.461 e. The van der Waals surface area contributed by atoms with E-state index in [-0.39, 0.29) is 24.5 Å². The number of hydrogen-bond donors (Lipinski definition) is 2. The molecule has 0 bridgehead atoms. The normalized spacial score (nSPS) is 23.1. The molecule has 1 rings (SSSR count). The zero-order valence-corrected chi connectivity index (χ0v) is 9.21. The molecular weight excluding hydrogens is 196 g/mol. The highest BCUT2D eigenvalue weighted by Crippen LogP contribution is 2.03. The van der Waals surface area contributed by atoms with Gasteiger partial charge in [-0.25, -0.2) is 0 Å². The fourth-order valence-electron chi connectivity index (χ4n) is 1.48. The van der Waals surface area contributed by atoms with Gasteiger partial charge >= 0.3 is 5.97 Å². The molecule has 2 atom stereocenters. The lowest BCUT2D eigenvalue weighted by Crippen LogP contribution is -2.55. The van der Waals surface area contributed by atoms with Crippen LogP contribution in [0.25, 0.3) is 0 Å². The second-order valence-corrected chi connectivity index (χ2v) is 3.77. The van der Waals surface area contributed by atoms with Crippen molar-refractivity contribution in [3.63, 3.8) is 0 Å². The molecule has 1 fully saturated rings. The molecule has 1 aliphatic heterocycles. The van der Waals surface area contributed by atoms with Gasteiger partial charge in [0.2, 0.25) is 5.91 Å². The molecule has 0 spiro atoms. The number of hydrogen-bond acceptors (Lipinski definition) is 4. The monoisotopic (exact) mass is 214 g/mol. The van der Waals surface area contributed by atoms with E-state index in [0.29, 0.717) is 6.54 Å². The summed E-state index contributed by atoms with van der Waals surface area (Å²) in [7, 11) is 0. The van der Waals surface area contributed by atoms with Gasteiger partial charge in [0.15, 0.2) is 0 Å². The number of carbonyl (C=O) groups excluding carboxylic acids is 2. The standard InChI is InChI=1S/C10H18N2O3/c1-3-4-7(2)15-10(14)8-5-12-9(13)6-11-8/h7-8,11H,3-6H2,1-2H3,(H,12,13). The quantitative estimate of drug-likeness (QED) is 0.636. The molecule has 15 heavy (non-hydrogen) atoms. The Balaban J connectivity index is 2.30. The fourth-order valence-corrected chi connectivity index (χ4v) is 1.48. The van der Waals surface area contributed by atoms with E-state index in [1.807, 2.05) is 13.8 Å². The number of rotatable bonds is 4. The van der Waals surface area contributed by atoms with E-state index in [1.165, 1.54) is 0 Å². The molecule has 1 heterocycles. The second kappa shape index (κ2) is 5.70. The molecule has 1 amide bonds. The van der Waals surface area contributed by atoms with Crippen LogP contribution in [0.3, 0.4) is 0 Å². The number of piperazine rings is 1. The predicted molar refractivity (Wildman–Crippen MR) is 55.3 cm³/mol. The van der Waals surface area contributed by atoms with Crippen molar-refractivity contribution >= 4 is 11.9 Å². The molecule has 2 N–H and O–H groups in total. The highest BCUT2D eigenvalue weighted by atomic mass is 16.5. The van der Waals surface area contributed by atoms with Crippen molar-refractivity contribution in [2.75, 3.05) is 13.1 Å². The Morgan fingerprint density at radius 3 is 2.93 bits per heavy atom. The Morgan fingerprint density at radius 2 is 2.40 bits per heavy atom. The zero-order valence-electron chi connectivity index (χ0n) is 9.21. The van der Waals surface area contributed by atoms with Crippen LogP contribution in [-0.2, 0) is 14.3 Å². The maximum atomic E-state index is 11.6. The number of amides is 1. The Kier molecular flexibility index (Phi) is 4.55. The third-order valence-corrected chi connectivity index (χ3v) is 2.31. The van der Waals surface area contributed by atoms with E-state index >= 15 is 0 Å². The number of carbonyl (C=O) groups is 2. The van der Waals surface area contributed by atoms with Crippen LogP contribution in [0.5, 0.6) is 0 Å². The Bertz CT molecular complexity index is 233. The van der Waals surface area contributed by atoms with Crippen LogP contribution in [0.1, 0.15) is 26.7 Å². The second-order valence-electron chi connectivity index (χ2n) is 3.77. The molecule has 2 unspecified atom stereocenters. The molecule has 0 aromatic rings. The maximum absolute atomic E-state index is 11.6. The lowest BCUT2D eigenvalue weighted by Gasteiger charge is -2.24. The Labute approximate surface area is 89.6 Å². The first-order chi connectivity index (χ1) is 7.13. The minimum atomic E-state index is -0.401. The average Bonchev–Trinajstić information content (AvgIpc) is 2.18. The van der Waals surface area contributed by atoms with Crippen molar-refractivity contribution < 1.29 is 14.3 Å². The van der Waals surface area contributed by atoms with Crippen molar-refractivity contribution in [1.29, 1.82) is 0 Å². The summed E-state index contributed by atoms with van der Waals surface area (Å²) in [4.78, 5) is 22.4. The van der Waals surface area contributed by atoms with E-state index < -0.39 is 6.04 Å². The first-order valence-electron chi connectivity index (χ1n) is 5.34. The minimum absolute atomic E-state index is 0.0538. The van der Waals surface area contributed by atoms with Gasteiger partial charge in [-0.1, -0.05) is 13.3 Å². The van der Waals surface area contributed by atoms with E-state index in [9.17, 15) is 9.59 Å². The van der Waals surface area contributed by atoms with E-state index in [0.717, 1.165) is 12.8 Å². The van der Waals surface area contributed by atoms with Crippen LogP contribution < -0.4 is 10.6 Å². The zero-order chi connectivity index (χ0) is 11.3. The molecule has 1 aliphatic rings. The third kappa shape index (κ3) is 3.87. The predicted octanol–water partition coefficient (Wildman–Crippen LogP) is -0.194. The Morgan fingerprint density at radius 1 is 1.67 bits per heavy atom. The van der Waals surface area contributed by atoms with Gasteiger partial charge < -0.3 is 10.1 Å². The molecule has 0 aromatic heterocycles. The molecule has 0 radical (unpaired) electrons. The average molecular weight is 214 g/mol. The lowest BCUT2D eigenvalue weighted by atomic mass is 10.2. The fraction of sp³-hybridized carbons (Fsp3) is 0.800. The summed E-state index contributed by atoms with van der Waals surface area (Å²) in [6.45, 7) is 4.42. The summed E-state index contributed by atoms with van der Waals surface area (Å²) >= 11 is 0. The highest BCUT2D eigenvalue weighted by Gasteiger charge is 2.25. The Hall–Kier alpha value is -1.10. The maximum Gasteiger partial charge on any atom is 0.325 e. The van der Waals surface area contributed by atoms with Crippen LogP contribution in [0.2, 0.25) is 0 Å². The summed E-state index contributed by atoms with van der Waals surface area (Å²) in [6, 6.07) is -0.401. The van der Waals surface area contributed by atoms with Crippen LogP contribution in [0.4, 0.5) is 0 Å². The SMILES string of the molecule is CCCC(C)OC(=O)C1CNC(=O)CN1. The van der Waals surface area contributed by atoms with Crippen LogP contribution in [-0.4, -0.2) is 37.1 Å². The summed E-state index contributed by atoms with van der Waals surface area (Å²) in [6.07, 6.45) is 1.80. The number of nitrogens with one attached hydrogen (secondary N) is 2. The molecule has 0 saturated carbocycles. The summed E-state index contributed by atoms with van der Waals surface area (Å²) < 4.78 is 5.21. The van der Waals surface area contributed by atoms with Gasteiger partial charge in [0.25, 0.3) is 0 Å². The minimum Gasteiger partial charge on any atom is -0.461 e. The van der Waals surface area contributed by atoms with Gasteiger partial charge in [-0.05, 0) is 13.3 Å². The number of ether oxygens (including phenoxy) is 1. The first-order valence-corrected chi connectivity index (χ1v) is 5.34. The van der Waals surface area contributed by atoms with Crippen molar-refractivity contribution in [2.45, 2.75) is 38.8 Å². The molecule has 5 nitrogen and oxygen atoms in total. The van der Waals surface area contributed by atoms with Crippen molar-refractivity contribution in [1.82, 2.24) is 10.6 Å². The summed E-state index contributed by atoms with van der Waals surface area (Å²) in [5.41, 5.74) is 0. The van der Waals surface area contributed by atoms with Gasteiger partial charge in [0.05, 0.1) is 12.6 Å². The first kappa shape index (κ1) is 12.0. The van der Waals surface area contributed by atoms with Crippen LogP contribution in [0.15, 0.2) is 0 Å². The van der Waals surface area contributed by atoms with Gasteiger partial charge in [-0.2, -0.15) is 0 Å². The molecular formula is C10H18N2O3. The number of esters is 1. The van der Waals surface area contributed by atoms with Crippen molar-refractivity contribution in [3.8, 4) is 0 Å². The topological polar surface area (TPSA) is 67.4 Å². The lowest BCUT2D eigenvalue weighted by molar-refractivity contribution is -0.151. The molecule has 1 saturated heterocycles. The summed E-state index contributed by atoms with van der Waals surface area (Å²) in [5, 5.41) is 5.45. The van der Waals surface area contributed by atoms with Gasteiger partial charge in [-0.15, -0.1) is 0 Å². The van der Waals surface area contributed by atoms with E-state index in [1.54, 1.807) is 0 Å². The van der Waals surface area contributed by atoms with Crippen LogP contribution >= 0.6 is 0 Å². The van der Waals surface area contributed by atoms with Crippen molar-refractivity contribution in [2.24, 2.45) is 0 Å². The smallest absolute Gasteiger partial charge is 0.325 e. The van der Waals surface area contributed by atoms with Gasteiger partial charge in [0.1, 0.15) is 6.04 Å². The third-order valence-electron chi connectivity index (χ3n) is 2.31. The van der Waals surface area contributed by atoms with E-state index in [2.05, 4.69) is 10.6 Å². The van der Waals surface area contributed by atoms with Crippen LogP contribution in [0, 0.1) is 0 Å². The van der Waals surface area contributed by atoms with Crippen molar-refractivity contribution in [3.05, 3.63) is 0 Å². The molecule has 0 aliphatic carbocycles. The highest BCUT2D eigenvalue weighted by molar-refractivity contribution is 5.83. The van der Waals surface area contributed by atoms with E-state index in [4.69, 9.17) is 4.74 Å². The molecule has 5 heteroatoms. The van der Waals surface area contributed by atoms with Gasteiger partial charge in [-0.3, -0.25) is 14.9 Å². The molecule has 86 valence electrons. The van der Waals surface area contributed by atoms with Gasteiger partial charge in [0, 0.05) is 6.54 Å². The summed E-state index contributed by atoms with van der Waals surface area (Å²) in [5.74, 6) is -0.364. The molecule has 0 aromatic carbocycles.